The maximum Gasteiger partial charge on any atom is 0.0238 e. The van der Waals surface area contributed by atoms with Crippen molar-refractivity contribution in [1.29, 1.82) is 0 Å². The summed E-state index contributed by atoms with van der Waals surface area (Å²) < 4.78 is 0. The molecule has 0 saturated carbocycles. The molecule has 0 radical (unpaired) electrons. The third-order valence-electron chi connectivity index (χ3n) is 4.74. The summed E-state index contributed by atoms with van der Waals surface area (Å²) in [5.41, 5.74) is 5.83. The van der Waals surface area contributed by atoms with Crippen LogP contribution < -0.4 is 5.32 Å². The molecule has 1 aromatic carbocycles. The van der Waals surface area contributed by atoms with Gasteiger partial charge in [0.25, 0.3) is 0 Å². The van der Waals surface area contributed by atoms with Gasteiger partial charge in [-0.05, 0) is 75.9 Å². The number of nitrogens with zero attached hydrogens (tertiary/aromatic N) is 1. The van der Waals surface area contributed by atoms with Gasteiger partial charge in [0.05, 0.1) is 0 Å². The second-order valence-corrected chi connectivity index (χ2v) is 7.16. The molecule has 1 heterocycles. The second-order valence-electron chi connectivity index (χ2n) is 7.16. The van der Waals surface area contributed by atoms with Crippen LogP contribution in [0.4, 0.5) is 0 Å². The molecule has 21 heavy (non-hydrogen) atoms. The van der Waals surface area contributed by atoms with Gasteiger partial charge in [0, 0.05) is 12.6 Å². The molecule has 0 amide bonds. The molecule has 1 aromatic rings. The molecule has 0 aliphatic carbocycles. The van der Waals surface area contributed by atoms with Crippen molar-refractivity contribution in [1.82, 2.24) is 10.2 Å². The number of benzene rings is 1. The second kappa shape index (κ2) is 7.42. The first-order valence-electron chi connectivity index (χ1n) is 8.48. The number of likely N-dealkylation sites (tertiary alicyclic amines) is 1. The molecule has 0 bridgehead atoms. The van der Waals surface area contributed by atoms with Crippen molar-refractivity contribution < 1.29 is 0 Å². The summed E-state index contributed by atoms with van der Waals surface area (Å²) in [4.78, 5) is 2.64. The van der Waals surface area contributed by atoms with Gasteiger partial charge in [0.2, 0.25) is 0 Å². The zero-order valence-corrected chi connectivity index (χ0v) is 14.5. The zero-order valence-electron chi connectivity index (χ0n) is 14.5. The molecule has 1 saturated heterocycles. The minimum Gasteiger partial charge on any atom is -0.314 e. The summed E-state index contributed by atoms with van der Waals surface area (Å²) in [5, 5.41) is 3.59. The van der Waals surface area contributed by atoms with Crippen molar-refractivity contribution in [3.8, 4) is 0 Å². The molecule has 118 valence electrons. The first-order chi connectivity index (χ1) is 9.95. The third-order valence-corrected chi connectivity index (χ3v) is 4.74. The fourth-order valence-corrected chi connectivity index (χ4v) is 3.43. The highest BCUT2D eigenvalue weighted by atomic mass is 15.1. The first kappa shape index (κ1) is 16.5. The molecule has 0 spiro atoms. The van der Waals surface area contributed by atoms with Crippen molar-refractivity contribution in [3.05, 3.63) is 34.4 Å². The minimum absolute atomic E-state index is 0.612. The third kappa shape index (κ3) is 4.82. The standard InChI is InChI=1S/C19H32N2/c1-14(2)20-12-18-6-8-21(9-7-18)13-19-16(4)10-15(3)11-17(19)5/h10-11,14,18,20H,6-9,12-13H2,1-5H3. The monoisotopic (exact) mass is 288 g/mol. The zero-order chi connectivity index (χ0) is 15.4. The fourth-order valence-electron chi connectivity index (χ4n) is 3.43. The number of piperidine rings is 1. The van der Waals surface area contributed by atoms with E-state index in [1.165, 1.54) is 49.2 Å². The van der Waals surface area contributed by atoms with E-state index in [1.807, 2.05) is 0 Å². The molecule has 0 atom stereocenters. The minimum atomic E-state index is 0.612. The topological polar surface area (TPSA) is 15.3 Å². The van der Waals surface area contributed by atoms with E-state index in [4.69, 9.17) is 0 Å². The Hall–Kier alpha value is -0.860. The highest BCUT2D eigenvalue weighted by Crippen LogP contribution is 2.22. The molecule has 1 aliphatic heterocycles. The molecular formula is C19H32N2. The lowest BCUT2D eigenvalue weighted by Gasteiger charge is -2.33. The lowest BCUT2D eigenvalue weighted by Crippen LogP contribution is -2.38. The van der Waals surface area contributed by atoms with Gasteiger partial charge >= 0.3 is 0 Å². The van der Waals surface area contributed by atoms with Crippen LogP contribution in [0, 0.1) is 26.7 Å². The predicted octanol–water partition coefficient (Wildman–Crippen LogP) is 3.82. The summed E-state index contributed by atoms with van der Waals surface area (Å²) in [5.74, 6) is 0.865. The molecule has 1 aliphatic rings. The van der Waals surface area contributed by atoms with Gasteiger partial charge in [-0.15, -0.1) is 0 Å². The highest BCUT2D eigenvalue weighted by Gasteiger charge is 2.20. The van der Waals surface area contributed by atoms with Crippen LogP contribution in [0.3, 0.4) is 0 Å². The van der Waals surface area contributed by atoms with Crippen LogP contribution in [0.1, 0.15) is 48.9 Å². The molecular weight excluding hydrogens is 256 g/mol. The Kier molecular flexibility index (Phi) is 5.83. The molecule has 2 rings (SSSR count). The van der Waals surface area contributed by atoms with Gasteiger partial charge in [-0.3, -0.25) is 4.90 Å². The van der Waals surface area contributed by atoms with E-state index >= 15 is 0 Å². The van der Waals surface area contributed by atoms with Gasteiger partial charge in [0.1, 0.15) is 0 Å². The first-order valence-corrected chi connectivity index (χ1v) is 8.48. The number of aryl methyl sites for hydroxylation is 3. The Labute approximate surface area is 130 Å². The summed E-state index contributed by atoms with van der Waals surface area (Å²) >= 11 is 0. The van der Waals surface area contributed by atoms with E-state index in [-0.39, 0.29) is 0 Å². The number of nitrogens with one attached hydrogen (secondary N) is 1. The lowest BCUT2D eigenvalue weighted by atomic mass is 9.94. The van der Waals surface area contributed by atoms with E-state index in [2.05, 4.69) is 57.0 Å². The summed E-state index contributed by atoms with van der Waals surface area (Å²) in [6.45, 7) is 16.0. The Balaban J connectivity index is 1.86. The summed E-state index contributed by atoms with van der Waals surface area (Å²) in [6.07, 6.45) is 2.67. The van der Waals surface area contributed by atoms with Crippen LogP contribution in [-0.2, 0) is 6.54 Å². The molecule has 2 nitrogen and oxygen atoms in total. The lowest BCUT2D eigenvalue weighted by molar-refractivity contribution is 0.173. The van der Waals surface area contributed by atoms with Crippen LogP contribution in [0.2, 0.25) is 0 Å². The van der Waals surface area contributed by atoms with E-state index in [9.17, 15) is 0 Å². The van der Waals surface area contributed by atoms with Gasteiger partial charge < -0.3 is 5.32 Å². The fraction of sp³-hybridized carbons (Fsp3) is 0.684. The maximum atomic E-state index is 3.59. The van der Waals surface area contributed by atoms with Crippen LogP contribution in [0.25, 0.3) is 0 Å². The van der Waals surface area contributed by atoms with Crippen molar-refractivity contribution in [2.75, 3.05) is 19.6 Å². The van der Waals surface area contributed by atoms with Crippen molar-refractivity contribution in [2.45, 2.75) is 60.0 Å². The Morgan fingerprint density at radius 2 is 1.67 bits per heavy atom. The highest BCUT2D eigenvalue weighted by molar-refractivity contribution is 5.37. The predicted molar refractivity (Wildman–Crippen MR) is 91.8 cm³/mol. The molecule has 0 unspecified atom stereocenters. The van der Waals surface area contributed by atoms with E-state index < -0.39 is 0 Å². The van der Waals surface area contributed by atoms with Gasteiger partial charge in [0.15, 0.2) is 0 Å². The summed E-state index contributed by atoms with van der Waals surface area (Å²) in [7, 11) is 0. The van der Waals surface area contributed by atoms with Crippen LogP contribution in [0.5, 0.6) is 0 Å². The van der Waals surface area contributed by atoms with Gasteiger partial charge in [-0.1, -0.05) is 31.5 Å². The molecule has 1 N–H and O–H groups in total. The van der Waals surface area contributed by atoms with E-state index in [0.29, 0.717) is 6.04 Å². The Bertz CT molecular complexity index is 434. The van der Waals surface area contributed by atoms with Gasteiger partial charge in [-0.25, -0.2) is 0 Å². The average Bonchev–Trinajstić information content (AvgIpc) is 2.41. The van der Waals surface area contributed by atoms with Crippen LogP contribution >= 0.6 is 0 Å². The smallest absolute Gasteiger partial charge is 0.0238 e. The van der Waals surface area contributed by atoms with Crippen LogP contribution in [-0.4, -0.2) is 30.6 Å². The number of rotatable bonds is 5. The Morgan fingerprint density at radius 1 is 1.10 bits per heavy atom. The van der Waals surface area contributed by atoms with Gasteiger partial charge in [-0.2, -0.15) is 0 Å². The molecule has 2 heteroatoms. The van der Waals surface area contributed by atoms with Crippen molar-refractivity contribution in [3.63, 3.8) is 0 Å². The normalized spacial score (nSPS) is 17.6. The van der Waals surface area contributed by atoms with Crippen molar-refractivity contribution in [2.24, 2.45) is 5.92 Å². The van der Waals surface area contributed by atoms with Crippen molar-refractivity contribution >= 4 is 0 Å². The largest absolute Gasteiger partial charge is 0.314 e. The molecule has 1 fully saturated rings. The maximum absolute atomic E-state index is 3.59. The Morgan fingerprint density at radius 3 is 2.19 bits per heavy atom. The van der Waals surface area contributed by atoms with Crippen LogP contribution in [0.15, 0.2) is 12.1 Å². The van der Waals surface area contributed by atoms with E-state index in [1.54, 1.807) is 5.56 Å². The quantitative estimate of drug-likeness (QED) is 0.886. The SMILES string of the molecule is Cc1cc(C)c(CN2CCC(CNC(C)C)CC2)c(C)c1. The summed E-state index contributed by atoms with van der Waals surface area (Å²) in [6, 6.07) is 5.25. The average molecular weight is 288 g/mol. The number of hydrogen-bond donors (Lipinski definition) is 1. The number of hydrogen-bond acceptors (Lipinski definition) is 2. The molecule has 0 aromatic heterocycles. The van der Waals surface area contributed by atoms with E-state index in [0.717, 1.165) is 12.5 Å².